The van der Waals surface area contributed by atoms with Crippen molar-refractivity contribution in [2.75, 3.05) is 0 Å². The second kappa shape index (κ2) is 3.50. The molecule has 0 aliphatic heterocycles. The molecule has 2 rings (SSSR count). The normalized spacial score (nSPS) is 24.6. The van der Waals surface area contributed by atoms with Crippen LogP contribution in [0.15, 0.2) is 30.3 Å². The van der Waals surface area contributed by atoms with Gasteiger partial charge in [-0.25, -0.2) is 0 Å². The van der Waals surface area contributed by atoms with Crippen LogP contribution in [-0.2, 0) is 10.1 Å². The zero-order valence-corrected chi connectivity index (χ0v) is 18.4. The Hall–Kier alpha value is 0.431. The molecule has 0 saturated carbocycles. The molecule has 0 saturated heterocycles. The van der Waals surface area contributed by atoms with Crippen LogP contribution in [0.3, 0.4) is 0 Å². The molecular weight excluding hydrogens is 341 g/mol. The number of benzene rings is 1. The van der Waals surface area contributed by atoms with E-state index in [-0.39, 0.29) is 9.76 Å². The maximum absolute atomic E-state index is 7.46. The van der Waals surface area contributed by atoms with Gasteiger partial charge in [-0.2, -0.15) is 0 Å². The molecule has 1 nitrogen and oxygen atoms in total. The number of halogens is 2. The van der Waals surface area contributed by atoms with Crippen LogP contribution < -0.4 is 3.80 Å². The minimum absolute atomic E-state index is 0.0679. The Balaban J connectivity index is 2.69. The van der Waals surface area contributed by atoms with Crippen LogP contribution in [0.25, 0.3) is 6.08 Å². The second-order valence-corrected chi connectivity index (χ2v) is 63.4. The Morgan fingerprint density at radius 1 is 1.15 bits per heavy atom. The van der Waals surface area contributed by atoms with Crippen LogP contribution in [0.5, 0.6) is 0 Å². The molecule has 113 valence electrons. The number of rotatable bonds is 2. The zero-order valence-electron chi connectivity index (χ0n) is 13.3. The molecule has 1 aliphatic rings. The van der Waals surface area contributed by atoms with Crippen LogP contribution in [0.2, 0.25) is 10.5 Å². The first-order valence-electron chi connectivity index (χ1n) is 7.24. The number of fused-ring (bicyclic) bond motifs is 1. The van der Waals surface area contributed by atoms with Gasteiger partial charge in [0.05, 0.1) is 0 Å². The monoisotopic (exact) mass is 366 g/mol. The summed E-state index contributed by atoms with van der Waals surface area (Å²) in [7, 11) is 10.8. The van der Waals surface area contributed by atoms with E-state index in [0.717, 1.165) is 0 Å². The minimum atomic E-state index is -4.85. The molecule has 1 aromatic rings. The molecule has 1 aromatic carbocycles. The van der Waals surface area contributed by atoms with Crippen LogP contribution in [0.1, 0.15) is 36.1 Å². The molecule has 0 aromatic heterocycles. The average Bonchev–Trinajstić information content (AvgIpc) is 2.54. The van der Waals surface area contributed by atoms with Crippen molar-refractivity contribution >= 4 is 32.8 Å². The van der Waals surface area contributed by atoms with E-state index in [1.54, 1.807) is 0 Å². The summed E-state index contributed by atoms with van der Waals surface area (Å²) in [5.41, 5.74) is 2.36. The maximum atomic E-state index is 7.46. The Bertz CT molecular complexity index is 616. The zero-order chi connectivity index (χ0) is 15.6. The summed E-state index contributed by atoms with van der Waals surface area (Å²) in [6.07, 6.45) is 4.36. The molecule has 0 radical (unpaired) electrons. The first kappa shape index (κ1) is 16.8. The molecule has 1 N–H and O–H groups in total. The Labute approximate surface area is 128 Å². The molecule has 1 unspecified atom stereocenters. The molecule has 0 fully saturated rings. The Kier molecular flexibility index (Phi) is 2.94. The van der Waals surface area contributed by atoms with E-state index in [4.69, 9.17) is 18.6 Å². The van der Waals surface area contributed by atoms with Gasteiger partial charge in [0.25, 0.3) is 0 Å². The van der Waals surface area contributed by atoms with Crippen LogP contribution in [0, 0.1) is 0 Å². The van der Waals surface area contributed by atoms with E-state index in [2.05, 4.69) is 71.4 Å². The van der Waals surface area contributed by atoms with Crippen molar-refractivity contribution in [1.82, 2.24) is 3.80 Å². The molecule has 0 bridgehead atoms. The van der Waals surface area contributed by atoms with Crippen molar-refractivity contribution in [1.29, 1.82) is 0 Å². The van der Waals surface area contributed by atoms with Gasteiger partial charge in [-0.3, -0.25) is 0 Å². The first-order valence-corrected chi connectivity index (χ1v) is 22.0. The van der Waals surface area contributed by atoms with Crippen LogP contribution >= 0.6 is 18.6 Å². The van der Waals surface area contributed by atoms with Gasteiger partial charge in [0.15, 0.2) is 0 Å². The molecule has 1 aliphatic carbocycles. The van der Waals surface area contributed by atoms with Crippen molar-refractivity contribution in [2.45, 2.75) is 41.0 Å². The van der Waals surface area contributed by atoms with Gasteiger partial charge in [0.1, 0.15) is 0 Å². The standard InChI is InChI=1S/C9H7.C4H10N.2CH3.2ClH.H3Si.Ti/c1-2-5-9-7-3-6-8(9)4-1;1-4(2,3)5;;;;;;/h1-7H;5H,1-3H3;2*1H3;2*1H;1H3;/q;-1;;;;;;+3/p-2. The van der Waals surface area contributed by atoms with Gasteiger partial charge in [0, 0.05) is 0 Å². The summed E-state index contributed by atoms with van der Waals surface area (Å²) in [6.45, 7) is 6.41. The fourth-order valence-electron chi connectivity index (χ4n) is 4.02. The van der Waals surface area contributed by atoms with Crippen molar-refractivity contribution in [3.63, 3.8) is 0 Å². The van der Waals surface area contributed by atoms with Gasteiger partial charge in [0.2, 0.25) is 0 Å². The third kappa shape index (κ3) is 3.26. The van der Waals surface area contributed by atoms with E-state index in [9.17, 15) is 0 Å². The molecule has 5 heteroatoms. The van der Waals surface area contributed by atoms with E-state index in [1.807, 2.05) is 0 Å². The summed E-state index contributed by atoms with van der Waals surface area (Å²) in [5, 5.41) is 4.24. The summed E-state index contributed by atoms with van der Waals surface area (Å²) in [6, 6.07) is 8.41. The van der Waals surface area contributed by atoms with E-state index in [1.165, 1.54) is 11.1 Å². The molecule has 0 amide bonds. The van der Waals surface area contributed by atoms with Crippen LogP contribution in [0.4, 0.5) is 0 Å². The third-order valence-electron chi connectivity index (χ3n) is 4.04. The van der Waals surface area contributed by atoms with Crippen molar-refractivity contribution < 1.29 is 10.1 Å². The molecule has 0 spiro atoms. The van der Waals surface area contributed by atoms with Gasteiger partial charge in [-0.15, -0.1) is 0 Å². The van der Waals surface area contributed by atoms with Gasteiger partial charge >= 0.3 is 129 Å². The first-order chi connectivity index (χ1) is 8.53. The van der Waals surface area contributed by atoms with E-state index < -0.39 is 10.1 Å². The molecule has 0 heterocycles. The second-order valence-electron chi connectivity index (χ2n) is 9.71. The van der Waals surface area contributed by atoms with Gasteiger partial charge in [-0.1, -0.05) is 0 Å². The van der Waals surface area contributed by atoms with Gasteiger partial charge < -0.3 is 0 Å². The average molecular weight is 367 g/mol. The molecule has 20 heavy (non-hydrogen) atoms. The summed E-state index contributed by atoms with van der Waals surface area (Å²) in [4.78, 5) is 0. The van der Waals surface area contributed by atoms with E-state index in [0.29, 0.717) is 8.11 Å². The predicted octanol–water partition coefficient (Wildman–Crippen LogP) is 4.50. The van der Waals surface area contributed by atoms with Crippen molar-refractivity contribution in [3.8, 4) is 0 Å². The Morgan fingerprint density at radius 2 is 1.70 bits per heavy atom. The Morgan fingerprint density at radius 3 is 2.25 bits per heavy atom. The fourth-order valence-corrected chi connectivity index (χ4v) is 22.3. The number of allylic oxidation sites excluding steroid dienone is 1. The summed E-state index contributed by atoms with van der Waals surface area (Å²) < 4.78 is 3.80. The van der Waals surface area contributed by atoms with Crippen LogP contribution in [-0.4, -0.2) is 13.6 Å². The summed E-state index contributed by atoms with van der Waals surface area (Å²) >= 11 is 0. The SMILES string of the molecule is CC(C)(C)[NH][Ti]([CH3])([CH3])([SiH3])([Cl])([Cl])[CH]1C=Cc2ccccc21. The van der Waals surface area contributed by atoms with Crippen molar-refractivity contribution in [3.05, 3.63) is 41.5 Å². The number of hydrogen-bond donors (Lipinski definition) is 1. The predicted molar refractivity (Wildman–Crippen MR) is 94.5 cm³/mol. The topological polar surface area (TPSA) is 12.0 Å². The van der Waals surface area contributed by atoms with Gasteiger partial charge in [-0.05, 0) is 0 Å². The van der Waals surface area contributed by atoms with Crippen molar-refractivity contribution in [2.24, 2.45) is 0 Å². The molecular formula is C15H26Cl2NSiTi. The quantitative estimate of drug-likeness (QED) is 0.759. The molecule has 1 atom stereocenters. The number of hydrogen-bond acceptors (Lipinski definition) is 1. The summed E-state index contributed by atoms with van der Waals surface area (Å²) in [5.74, 6) is 0. The van der Waals surface area contributed by atoms with E-state index >= 15 is 0 Å². The number of nitrogens with one attached hydrogen (secondary N) is 1. The fraction of sp³-hybridized carbons (Fsp3) is 0.467. The third-order valence-corrected chi connectivity index (χ3v) is 18.1.